The molecule has 24 heavy (non-hydrogen) atoms. The SMILES string of the molecule is Cc1ccc(OCC(=O)NCc2csc(-c3ccncc3)n2)cc1. The van der Waals surface area contributed by atoms with Crippen molar-refractivity contribution >= 4 is 17.2 Å². The molecule has 6 heteroatoms. The zero-order valence-electron chi connectivity index (χ0n) is 13.2. The van der Waals surface area contributed by atoms with Gasteiger partial charge in [0.1, 0.15) is 10.8 Å². The van der Waals surface area contributed by atoms with Gasteiger partial charge in [-0.2, -0.15) is 0 Å². The van der Waals surface area contributed by atoms with Gasteiger partial charge in [0.15, 0.2) is 6.61 Å². The summed E-state index contributed by atoms with van der Waals surface area (Å²) in [6.07, 6.45) is 3.47. The average molecular weight is 339 g/mol. The maximum absolute atomic E-state index is 11.9. The number of aryl methyl sites for hydroxylation is 1. The summed E-state index contributed by atoms with van der Waals surface area (Å²) in [4.78, 5) is 20.4. The first-order valence-electron chi connectivity index (χ1n) is 7.52. The van der Waals surface area contributed by atoms with Crippen molar-refractivity contribution in [3.8, 4) is 16.3 Å². The summed E-state index contributed by atoms with van der Waals surface area (Å²) in [5, 5.41) is 5.67. The quantitative estimate of drug-likeness (QED) is 0.749. The topological polar surface area (TPSA) is 64.1 Å². The largest absolute Gasteiger partial charge is 0.484 e. The number of carbonyl (C=O) groups is 1. The molecule has 1 N–H and O–H groups in total. The van der Waals surface area contributed by atoms with E-state index >= 15 is 0 Å². The van der Waals surface area contributed by atoms with Gasteiger partial charge in [0.25, 0.3) is 5.91 Å². The van der Waals surface area contributed by atoms with E-state index in [1.165, 1.54) is 0 Å². The predicted molar refractivity (Wildman–Crippen MR) is 93.9 cm³/mol. The standard InChI is InChI=1S/C18H17N3O2S/c1-13-2-4-16(5-3-13)23-11-17(22)20-10-15-12-24-18(21-15)14-6-8-19-9-7-14/h2-9,12H,10-11H2,1H3,(H,20,22). The normalized spacial score (nSPS) is 10.4. The van der Waals surface area contributed by atoms with Crippen molar-refractivity contribution in [2.75, 3.05) is 6.61 Å². The summed E-state index contributed by atoms with van der Waals surface area (Å²) in [5.74, 6) is 0.512. The summed E-state index contributed by atoms with van der Waals surface area (Å²) in [6, 6.07) is 11.4. The number of amides is 1. The summed E-state index contributed by atoms with van der Waals surface area (Å²) in [7, 11) is 0. The van der Waals surface area contributed by atoms with Crippen molar-refractivity contribution in [3.05, 3.63) is 65.4 Å². The number of hydrogen-bond acceptors (Lipinski definition) is 5. The molecule has 0 aliphatic heterocycles. The molecule has 0 spiro atoms. The summed E-state index contributed by atoms with van der Waals surface area (Å²) in [5.41, 5.74) is 3.01. The van der Waals surface area contributed by atoms with Crippen LogP contribution < -0.4 is 10.1 Å². The highest BCUT2D eigenvalue weighted by Crippen LogP contribution is 2.22. The molecule has 2 aromatic heterocycles. The van der Waals surface area contributed by atoms with Crippen molar-refractivity contribution in [2.45, 2.75) is 13.5 Å². The van der Waals surface area contributed by atoms with Gasteiger partial charge in [0.05, 0.1) is 12.2 Å². The van der Waals surface area contributed by atoms with Gasteiger partial charge in [-0.15, -0.1) is 11.3 Å². The van der Waals surface area contributed by atoms with Gasteiger partial charge >= 0.3 is 0 Å². The van der Waals surface area contributed by atoms with Crippen molar-refractivity contribution in [2.24, 2.45) is 0 Å². The molecule has 122 valence electrons. The lowest BCUT2D eigenvalue weighted by Gasteiger charge is -2.06. The number of nitrogens with one attached hydrogen (secondary N) is 1. The first-order chi connectivity index (χ1) is 11.7. The first kappa shape index (κ1) is 16.1. The van der Waals surface area contributed by atoms with Crippen molar-refractivity contribution in [1.29, 1.82) is 0 Å². The minimum atomic E-state index is -0.172. The van der Waals surface area contributed by atoms with E-state index < -0.39 is 0 Å². The Morgan fingerprint density at radius 2 is 1.92 bits per heavy atom. The van der Waals surface area contributed by atoms with Crippen LogP contribution in [-0.2, 0) is 11.3 Å². The summed E-state index contributed by atoms with van der Waals surface area (Å²) >= 11 is 1.54. The van der Waals surface area contributed by atoms with Gasteiger partial charge in [0.2, 0.25) is 0 Å². The van der Waals surface area contributed by atoms with Gasteiger partial charge in [-0.1, -0.05) is 17.7 Å². The Bertz CT molecular complexity index is 801. The molecule has 0 fully saturated rings. The van der Waals surface area contributed by atoms with E-state index in [1.54, 1.807) is 23.7 Å². The molecule has 0 aliphatic carbocycles. The number of rotatable bonds is 6. The molecule has 0 saturated heterocycles. The van der Waals surface area contributed by atoms with Crippen LogP contribution in [0.5, 0.6) is 5.75 Å². The second kappa shape index (κ2) is 7.70. The number of ether oxygens (including phenoxy) is 1. The number of benzene rings is 1. The zero-order chi connectivity index (χ0) is 16.8. The van der Waals surface area contributed by atoms with Crippen LogP contribution in [0.15, 0.2) is 54.2 Å². The molecular weight excluding hydrogens is 322 g/mol. The maximum atomic E-state index is 11.9. The fourth-order valence-corrected chi connectivity index (χ4v) is 2.86. The van der Waals surface area contributed by atoms with E-state index in [0.717, 1.165) is 21.8 Å². The van der Waals surface area contributed by atoms with Crippen LogP contribution in [0.25, 0.3) is 10.6 Å². The Morgan fingerprint density at radius 3 is 2.67 bits per heavy atom. The van der Waals surface area contributed by atoms with Crippen molar-refractivity contribution < 1.29 is 9.53 Å². The number of hydrogen-bond donors (Lipinski definition) is 1. The van der Waals surface area contributed by atoms with Gasteiger partial charge in [-0.05, 0) is 31.2 Å². The molecule has 3 rings (SSSR count). The molecule has 3 aromatic rings. The van der Waals surface area contributed by atoms with E-state index in [1.807, 2.05) is 48.7 Å². The third-order valence-corrected chi connectivity index (χ3v) is 4.28. The molecule has 0 unspecified atom stereocenters. The Labute approximate surface area is 144 Å². The minimum Gasteiger partial charge on any atom is -0.484 e. The first-order valence-corrected chi connectivity index (χ1v) is 8.39. The lowest BCUT2D eigenvalue weighted by atomic mass is 10.2. The van der Waals surface area contributed by atoms with Gasteiger partial charge in [-0.3, -0.25) is 9.78 Å². The molecule has 1 aromatic carbocycles. The van der Waals surface area contributed by atoms with Crippen LogP contribution >= 0.6 is 11.3 Å². The van der Waals surface area contributed by atoms with E-state index in [4.69, 9.17) is 4.74 Å². The number of aromatic nitrogens is 2. The van der Waals surface area contributed by atoms with Crippen LogP contribution in [0.4, 0.5) is 0 Å². The second-order valence-corrected chi connectivity index (χ2v) is 6.12. The van der Waals surface area contributed by atoms with Crippen LogP contribution in [0.1, 0.15) is 11.3 Å². The van der Waals surface area contributed by atoms with Crippen LogP contribution in [0.2, 0.25) is 0 Å². The molecule has 5 nitrogen and oxygen atoms in total. The third kappa shape index (κ3) is 4.39. The molecule has 0 saturated carbocycles. The molecule has 0 radical (unpaired) electrons. The summed E-state index contributed by atoms with van der Waals surface area (Å²) < 4.78 is 5.45. The Kier molecular flexibility index (Phi) is 5.18. The highest BCUT2D eigenvalue weighted by atomic mass is 32.1. The Hall–Kier alpha value is -2.73. The van der Waals surface area contributed by atoms with E-state index in [2.05, 4.69) is 15.3 Å². The fraction of sp³-hybridized carbons (Fsp3) is 0.167. The van der Waals surface area contributed by atoms with Crippen LogP contribution in [-0.4, -0.2) is 22.5 Å². The van der Waals surface area contributed by atoms with Gasteiger partial charge in [-0.25, -0.2) is 4.98 Å². The highest BCUT2D eigenvalue weighted by Gasteiger charge is 2.07. The zero-order valence-corrected chi connectivity index (χ0v) is 14.0. The molecule has 0 aliphatic rings. The molecular formula is C18H17N3O2S. The molecule has 2 heterocycles. The maximum Gasteiger partial charge on any atom is 0.258 e. The molecule has 1 amide bonds. The molecule has 0 bridgehead atoms. The highest BCUT2D eigenvalue weighted by molar-refractivity contribution is 7.13. The predicted octanol–water partition coefficient (Wildman–Crippen LogP) is 3.21. The number of nitrogens with zero attached hydrogens (tertiary/aromatic N) is 2. The third-order valence-electron chi connectivity index (χ3n) is 3.34. The Balaban J connectivity index is 1.48. The smallest absolute Gasteiger partial charge is 0.258 e. The van der Waals surface area contributed by atoms with Gasteiger partial charge in [0, 0.05) is 23.3 Å². The number of thiazole rings is 1. The van der Waals surface area contributed by atoms with E-state index in [0.29, 0.717) is 12.3 Å². The van der Waals surface area contributed by atoms with E-state index in [-0.39, 0.29) is 12.5 Å². The second-order valence-electron chi connectivity index (χ2n) is 5.26. The van der Waals surface area contributed by atoms with Crippen molar-refractivity contribution in [3.63, 3.8) is 0 Å². The molecule has 0 atom stereocenters. The lowest BCUT2D eigenvalue weighted by Crippen LogP contribution is -2.28. The average Bonchev–Trinajstić information content (AvgIpc) is 3.09. The Morgan fingerprint density at radius 1 is 1.17 bits per heavy atom. The monoisotopic (exact) mass is 339 g/mol. The van der Waals surface area contributed by atoms with Gasteiger partial charge < -0.3 is 10.1 Å². The van der Waals surface area contributed by atoms with Crippen molar-refractivity contribution in [1.82, 2.24) is 15.3 Å². The van der Waals surface area contributed by atoms with E-state index in [9.17, 15) is 4.79 Å². The number of pyridine rings is 1. The lowest BCUT2D eigenvalue weighted by molar-refractivity contribution is -0.123. The van der Waals surface area contributed by atoms with Crippen LogP contribution in [0.3, 0.4) is 0 Å². The number of carbonyl (C=O) groups excluding carboxylic acids is 1. The minimum absolute atomic E-state index is 0.00951. The fourth-order valence-electron chi connectivity index (χ4n) is 2.04. The summed E-state index contributed by atoms with van der Waals surface area (Å²) in [6.45, 7) is 2.38. The van der Waals surface area contributed by atoms with Crippen LogP contribution in [0, 0.1) is 6.92 Å².